The van der Waals surface area contributed by atoms with E-state index >= 15 is 0 Å². The second kappa shape index (κ2) is 7.84. The minimum Gasteiger partial charge on any atom is -0.372 e. The molecule has 0 radical (unpaired) electrons. The molecule has 20 heavy (non-hydrogen) atoms. The van der Waals surface area contributed by atoms with Crippen LogP contribution >= 0.6 is 11.6 Å². The number of nitrogens with one attached hydrogen (secondary N) is 1. The lowest BCUT2D eigenvalue weighted by Crippen LogP contribution is -2.22. The van der Waals surface area contributed by atoms with Crippen molar-refractivity contribution in [1.29, 1.82) is 0 Å². The molecule has 1 aliphatic carbocycles. The third-order valence-electron chi connectivity index (χ3n) is 4.04. The normalized spacial score (nSPS) is 22.8. The van der Waals surface area contributed by atoms with E-state index in [-0.39, 0.29) is 0 Å². The summed E-state index contributed by atoms with van der Waals surface area (Å²) in [7, 11) is 0. The fraction of sp³-hybridized carbons (Fsp3) is 0.688. The van der Waals surface area contributed by atoms with Crippen LogP contribution in [0.3, 0.4) is 0 Å². The van der Waals surface area contributed by atoms with Crippen molar-refractivity contribution in [1.82, 2.24) is 4.98 Å². The standard InChI is InChI=1S/C16H25ClN2O/c1-3-12-6-5-7-13(10-12)20-11-15-14(17)8-9-16(19-15)18-4-2/h8-9,12-13H,3-7,10-11H2,1-2H3,(H,18,19). The summed E-state index contributed by atoms with van der Waals surface area (Å²) in [5.41, 5.74) is 0.837. The molecule has 0 amide bonds. The van der Waals surface area contributed by atoms with Gasteiger partial charge in [-0.25, -0.2) is 4.98 Å². The number of anilines is 1. The van der Waals surface area contributed by atoms with Crippen LogP contribution in [-0.4, -0.2) is 17.6 Å². The van der Waals surface area contributed by atoms with Crippen molar-refractivity contribution in [2.75, 3.05) is 11.9 Å². The molecule has 2 unspecified atom stereocenters. The van der Waals surface area contributed by atoms with E-state index < -0.39 is 0 Å². The van der Waals surface area contributed by atoms with Gasteiger partial charge in [-0.2, -0.15) is 0 Å². The summed E-state index contributed by atoms with van der Waals surface area (Å²) in [6, 6.07) is 3.80. The molecule has 3 nitrogen and oxygen atoms in total. The smallest absolute Gasteiger partial charge is 0.126 e. The average Bonchev–Trinajstić information content (AvgIpc) is 2.48. The summed E-state index contributed by atoms with van der Waals surface area (Å²) in [5.74, 6) is 1.69. The number of rotatable bonds is 6. The van der Waals surface area contributed by atoms with Crippen molar-refractivity contribution in [2.45, 2.75) is 58.7 Å². The Morgan fingerprint density at radius 1 is 1.35 bits per heavy atom. The van der Waals surface area contributed by atoms with Gasteiger partial charge in [0.1, 0.15) is 5.82 Å². The lowest BCUT2D eigenvalue weighted by molar-refractivity contribution is 0.000430. The SMILES string of the molecule is CCNc1ccc(Cl)c(COC2CCCC(CC)C2)n1. The lowest BCUT2D eigenvalue weighted by Gasteiger charge is -2.28. The Kier molecular flexibility index (Phi) is 6.11. The van der Waals surface area contributed by atoms with Crippen molar-refractivity contribution in [3.63, 3.8) is 0 Å². The molecule has 0 spiro atoms. The van der Waals surface area contributed by atoms with E-state index in [9.17, 15) is 0 Å². The Balaban J connectivity index is 1.91. The van der Waals surface area contributed by atoms with Crippen LogP contribution in [0.4, 0.5) is 5.82 Å². The molecular formula is C16H25ClN2O. The van der Waals surface area contributed by atoms with Crippen LogP contribution in [0, 0.1) is 5.92 Å². The number of ether oxygens (including phenoxy) is 1. The first-order valence-electron chi connectivity index (χ1n) is 7.73. The van der Waals surface area contributed by atoms with E-state index in [4.69, 9.17) is 16.3 Å². The van der Waals surface area contributed by atoms with Crippen LogP contribution in [-0.2, 0) is 11.3 Å². The quantitative estimate of drug-likeness (QED) is 0.829. The first-order chi connectivity index (χ1) is 9.72. The molecule has 2 rings (SSSR count). The molecule has 1 fully saturated rings. The van der Waals surface area contributed by atoms with Crippen LogP contribution in [0.2, 0.25) is 5.02 Å². The molecule has 112 valence electrons. The topological polar surface area (TPSA) is 34.1 Å². The van der Waals surface area contributed by atoms with Gasteiger partial charge in [-0.15, -0.1) is 0 Å². The highest BCUT2D eigenvalue weighted by molar-refractivity contribution is 6.31. The van der Waals surface area contributed by atoms with E-state index in [0.29, 0.717) is 17.7 Å². The Labute approximate surface area is 127 Å². The highest BCUT2D eigenvalue weighted by atomic mass is 35.5. The van der Waals surface area contributed by atoms with Gasteiger partial charge in [-0.05, 0) is 37.8 Å². The van der Waals surface area contributed by atoms with Crippen LogP contribution in [0.25, 0.3) is 0 Å². The van der Waals surface area contributed by atoms with Gasteiger partial charge >= 0.3 is 0 Å². The fourth-order valence-electron chi connectivity index (χ4n) is 2.83. The van der Waals surface area contributed by atoms with Crippen molar-refractivity contribution in [3.05, 3.63) is 22.8 Å². The molecule has 1 aromatic heterocycles. The zero-order chi connectivity index (χ0) is 14.4. The molecule has 0 aliphatic heterocycles. The molecular weight excluding hydrogens is 272 g/mol. The monoisotopic (exact) mass is 296 g/mol. The molecule has 1 heterocycles. The maximum absolute atomic E-state index is 6.20. The van der Waals surface area contributed by atoms with Gasteiger partial charge in [0.05, 0.1) is 23.4 Å². The van der Waals surface area contributed by atoms with Crippen molar-refractivity contribution in [2.24, 2.45) is 5.92 Å². The minimum atomic E-state index is 0.370. The maximum atomic E-state index is 6.20. The molecule has 1 saturated carbocycles. The summed E-state index contributed by atoms with van der Waals surface area (Å²) in [6.07, 6.45) is 6.61. The second-order valence-corrected chi connectivity index (χ2v) is 5.94. The highest BCUT2D eigenvalue weighted by Crippen LogP contribution is 2.29. The first kappa shape index (κ1) is 15.6. The molecule has 1 aromatic rings. The summed E-state index contributed by atoms with van der Waals surface area (Å²) in [4.78, 5) is 4.52. The van der Waals surface area contributed by atoms with Crippen LogP contribution in [0.1, 0.15) is 51.6 Å². The molecule has 0 saturated heterocycles. The number of hydrogen-bond donors (Lipinski definition) is 1. The van der Waals surface area contributed by atoms with E-state index in [1.165, 1.54) is 32.1 Å². The lowest BCUT2D eigenvalue weighted by atomic mass is 9.85. The molecule has 0 aromatic carbocycles. The average molecular weight is 297 g/mol. The van der Waals surface area contributed by atoms with Gasteiger partial charge in [0.2, 0.25) is 0 Å². The Morgan fingerprint density at radius 2 is 2.20 bits per heavy atom. The summed E-state index contributed by atoms with van der Waals surface area (Å²) in [6.45, 7) is 5.69. The first-order valence-corrected chi connectivity index (χ1v) is 8.11. The van der Waals surface area contributed by atoms with Gasteiger partial charge in [-0.1, -0.05) is 37.8 Å². The van der Waals surface area contributed by atoms with Gasteiger partial charge in [-0.3, -0.25) is 0 Å². The van der Waals surface area contributed by atoms with Gasteiger partial charge in [0.25, 0.3) is 0 Å². The third kappa shape index (κ3) is 4.35. The van der Waals surface area contributed by atoms with Crippen molar-refractivity contribution >= 4 is 17.4 Å². The highest BCUT2D eigenvalue weighted by Gasteiger charge is 2.21. The molecule has 0 bridgehead atoms. The Morgan fingerprint density at radius 3 is 2.95 bits per heavy atom. The number of pyridine rings is 1. The largest absolute Gasteiger partial charge is 0.372 e. The molecule has 2 atom stereocenters. The number of aromatic nitrogens is 1. The van der Waals surface area contributed by atoms with E-state index in [2.05, 4.69) is 24.1 Å². The zero-order valence-corrected chi connectivity index (χ0v) is 13.2. The molecule has 1 aliphatic rings. The summed E-state index contributed by atoms with van der Waals surface area (Å²) >= 11 is 6.20. The summed E-state index contributed by atoms with van der Waals surface area (Å²) < 4.78 is 6.04. The minimum absolute atomic E-state index is 0.370. The number of nitrogens with zero attached hydrogens (tertiary/aromatic N) is 1. The Hall–Kier alpha value is -0.800. The van der Waals surface area contributed by atoms with Crippen molar-refractivity contribution in [3.8, 4) is 0 Å². The van der Waals surface area contributed by atoms with E-state index in [0.717, 1.165) is 24.0 Å². The van der Waals surface area contributed by atoms with Crippen LogP contribution < -0.4 is 5.32 Å². The van der Waals surface area contributed by atoms with Gasteiger partial charge in [0, 0.05) is 6.54 Å². The maximum Gasteiger partial charge on any atom is 0.126 e. The molecule has 4 heteroatoms. The predicted octanol–water partition coefficient (Wildman–Crippen LogP) is 4.65. The van der Waals surface area contributed by atoms with Gasteiger partial charge < -0.3 is 10.1 Å². The van der Waals surface area contributed by atoms with Crippen LogP contribution in [0.5, 0.6) is 0 Å². The second-order valence-electron chi connectivity index (χ2n) is 5.53. The zero-order valence-electron chi connectivity index (χ0n) is 12.5. The van der Waals surface area contributed by atoms with Crippen molar-refractivity contribution < 1.29 is 4.74 Å². The summed E-state index contributed by atoms with van der Waals surface area (Å²) in [5, 5.41) is 3.89. The predicted molar refractivity (Wildman–Crippen MR) is 84.2 cm³/mol. The van der Waals surface area contributed by atoms with Gasteiger partial charge in [0.15, 0.2) is 0 Å². The fourth-order valence-corrected chi connectivity index (χ4v) is 2.99. The van der Waals surface area contributed by atoms with E-state index in [1.807, 2.05) is 12.1 Å². The number of halogens is 1. The number of hydrogen-bond acceptors (Lipinski definition) is 3. The Bertz CT molecular complexity index is 425. The van der Waals surface area contributed by atoms with Crippen LogP contribution in [0.15, 0.2) is 12.1 Å². The molecule has 1 N–H and O–H groups in total. The third-order valence-corrected chi connectivity index (χ3v) is 4.39. The van der Waals surface area contributed by atoms with E-state index in [1.54, 1.807) is 0 Å².